The molecule has 5 aromatic rings. The summed E-state index contributed by atoms with van der Waals surface area (Å²) in [5.74, 6) is 0.809. The first kappa shape index (κ1) is 27.9. The molecule has 0 saturated heterocycles. The SMILES string of the molecule is CC(C)c1cccc(C(C)C)c1N1[C](c2cc3c4c(c2)Sc2ccccc2N4c2ccccc2S3)c2ccccc2C1(C)C. The van der Waals surface area contributed by atoms with Crippen molar-refractivity contribution in [1.29, 1.82) is 0 Å². The van der Waals surface area contributed by atoms with Gasteiger partial charge in [-0.25, -0.2) is 0 Å². The molecule has 0 aliphatic carbocycles. The minimum atomic E-state index is -0.223. The molecule has 0 bridgehead atoms. The van der Waals surface area contributed by atoms with Gasteiger partial charge in [-0.05, 0) is 89.9 Å². The van der Waals surface area contributed by atoms with Gasteiger partial charge in [-0.15, -0.1) is 0 Å². The molecular weight excluding hydrogens is 573 g/mol. The zero-order chi connectivity index (χ0) is 30.3. The highest BCUT2D eigenvalue weighted by Gasteiger charge is 2.48. The lowest BCUT2D eigenvalue weighted by molar-refractivity contribution is 0.529. The minimum absolute atomic E-state index is 0.223. The summed E-state index contributed by atoms with van der Waals surface area (Å²) in [7, 11) is 0. The summed E-state index contributed by atoms with van der Waals surface area (Å²) in [5, 5.41) is 0. The number of para-hydroxylation sites is 3. The molecule has 0 spiro atoms. The van der Waals surface area contributed by atoms with E-state index in [1.54, 1.807) is 0 Å². The van der Waals surface area contributed by atoms with Crippen LogP contribution in [-0.2, 0) is 5.54 Å². The van der Waals surface area contributed by atoms with E-state index in [9.17, 15) is 0 Å². The number of nitrogens with zero attached hydrogens (tertiary/aromatic N) is 2. The van der Waals surface area contributed by atoms with E-state index in [0.29, 0.717) is 11.8 Å². The van der Waals surface area contributed by atoms with Gasteiger partial charge < -0.3 is 9.80 Å². The van der Waals surface area contributed by atoms with Gasteiger partial charge >= 0.3 is 0 Å². The molecule has 3 aliphatic rings. The van der Waals surface area contributed by atoms with Gasteiger partial charge in [0.1, 0.15) is 6.04 Å². The maximum Gasteiger partial charge on any atom is 0.124 e. The Morgan fingerprint density at radius 2 is 1.09 bits per heavy atom. The van der Waals surface area contributed by atoms with E-state index in [2.05, 4.69) is 154 Å². The summed E-state index contributed by atoms with van der Waals surface area (Å²) < 4.78 is 0. The van der Waals surface area contributed by atoms with E-state index in [1.165, 1.54) is 76.2 Å². The first-order valence-electron chi connectivity index (χ1n) is 15.7. The van der Waals surface area contributed by atoms with Gasteiger partial charge in [-0.1, -0.05) is 118 Å². The Bertz CT molecular complexity index is 1840. The quantitative estimate of drug-likeness (QED) is 0.196. The molecule has 8 rings (SSSR count). The first-order chi connectivity index (χ1) is 21.3. The molecule has 219 valence electrons. The van der Waals surface area contributed by atoms with Crippen molar-refractivity contribution in [3.63, 3.8) is 0 Å². The van der Waals surface area contributed by atoms with Gasteiger partial charge in [0.2, 0.25) is 0 Å². The molecule has 5 aromatic carbocycles. The van der Waals surface area contributed by atoms with Gasteiger partial charge in [0.05, 0.1) is 22.6 Å². The molecule has 0 unspecified atom stereocenters. The molecule has 0 atom stereocenters. The van der Waals surface area contributed by atoms with Gasteiger partial charge in [-0.2, -0.15) is 0 Å². The lowest BCUT2D eigenvalue weighted by Gasteiger charge is -2.42. The molecule has 0 fully saturated rings. The number of rotatable bonds is 4. The average Bonchev–Trinajstić information content (AvgIpc) is 3.26. The van der Waals surface area contributed by atoms with Crippen molar-refractivity contribution in [2.75, 3.05) is 9.80 Å². The minimum Gasteiger partial charge on any atom is -0.345 e. The van der Waals surface area contributed by atoms with E-state index in [0.717, 1.165) is 0 Å². The summed E-state index contributed by atoms with van der Waals surface area (Å²) in [4.78, 5) is 10.4. The van der Waals surface area contributed by atoms with Crippen LogP contribution in [0.15, 0.2) is 123 Å². The highest BCUT2D eigenvalue weighted by atomic mass is 32.2. The molecule has 1 radical (unpaired) electrons. The monoisotopic (exact) mass is 609 g/mol. The molecule has 2 nitrogen and oxygen atoms in total. The standard InChI is InChI=1S/C40H37N2S2/c1-24(2)27-15-13-16-28(25(3)4)38(27)42-37(29-14-7-8-17-30(29)40(42,5)6)26-22-35-39-36(23-26)44-34-21-12-10-19-32(34)41(39)31-18-9-11-20-33(31)43-35/h7-25H,1-6H3. The van der Waals surface area contributed by atoms with Crippen molar-refractivity contribution < 1.29 is 0 Å². The van der Waals surface area contributed by atoms with Crippen molar-refractivity contribution >= 4 is 46.3 Å². The second-order valence-corrected chi connectivity index (χ2v) is 15.3. The summed E-state index contributed by atoms with van der Waals surface area (Å²) in [6, 6.07) is 40.0. The summed E-state index contributed by atoms with van der Waals surface area (Å²) in [6.45, 7) is 14.1. The predicted octanol–water partition coefficient (Wildman–Crippen LogP) is 12.0. The van der Waals surface area contributed by atoms with Gasteiger partial charge in [0.25, 0.3) is 0 Å². The van der Waals surface area contributed by atoms with Crippen LogP contribution in [0.3, 0.4) is 0 Å². The van der Waals surface area contributed by atoms with E-state index in [4.69, 9.17) is 0 Å². The van der Waals surface area contributed by atoms with Gasteiger partial charge in [0.15, 0.2) is 0 Å². The van der Waals surface area contributed by atoms with Crippen molar-refractivity contribution in [2.45, 2.75) is 78.5 Å². The van der Waals surface area contributed by atoms with Crippen LogP contribution in [-0.4, -0.2) is 0 Å². The summed E-state index contributed by atoms with van der Waals surface area (Å²) in [5.41, 5.74) is 11.8. The topological polar surface area (TPSA) is 6.48 Å². The summed E-state index contributed by atoms with van der Waals surface area (Å²) >= 11 is 3.81. The summed E-state index contributed by atoms with van der Waals surface area (Å²) in [6.07, 6.45) is 0. The zero-order valence-corrected chi connectivity index (χ0v) is 27.8. The van der Waals surface area contributed by atoms with Crippen molar-refractivity contribution in [3.8, 4) is 0 Å². The van der Waals surface area contributed by atoms with Gasteiger partial charge in [-0.3, -0.25) is 0 Å². The van der Waals surface area contributed by atoms with Crippen molar-refractivity contribution in [2.24, 2.45) is 0 Å². The molecule has 44 heavy (non-hydrogen) atoms. The fourth-order valence-electron chi connectivity index (χ4n) is 7.35. The molecule has 0 aromatic heterocycles. The predicted molar refractivity (Wildman–Crippen MR) is 187 cm³/mol. The first-order valence-corrected chi connectivity index (χ1v) is 17.3. The molecule has 0 saturated carbocycles. The molecule has 0 N–H and O–H groups in total. The van der Waals surface area contributed by atoms with Crippen molar-refractivity contribution in [3.05, 3.63) is 137 Å². The Hall–Kier alpha value is -3.60. The number of hydrogen-bond donors (Lipinski definition) is 0. The van der Waals surface area contributed by atoms with Crippen molar-refractivity contribution in [1.82, 2.24) is 0 Å². The van der Waals surface area contributed by atoms with E-state index in [-0.39, 0.29) is 5.54 Å². The second-order valence-electron chi connectivity index (χ2n) is 13.2. The third-order valence-electron chi connectivity index (χ3n) is 9.38. The number of anilines is 4. The fourth-order valence-corrected chi connectivity index (χ4v) is 9.68. The fraction of sp³-hybridized carbons (Fsp3) is 0.225. The lowest BCUT2D eigenvalue weighted by Crippen LogP contribution is -2.40. The number of fused-ring (bicyclic) bond motifs is 5. The number of hydrogen-bond acceptors (Lipinski definition) is 4. The molecule has 0 amide bonds. The highest BCUT2D eigenvalue weighted by Crippen LogP contribution is 2.62. The van der Waals surface area contributed by atoms with Crippen LogP contribution < -0.4 is 9.80 Å². The van der Waals surface area contributed by atoms with E-state index < -0.39 is 0 Å². The zero-order valence-electron chi connectivity index (χ0n) is 26.2. The Kier molecular flexibility index (Phi) is 6.48. The lowest BCUT2D eigenvalue weighted by atomic mass is 9.88. The maximum absolute atomic E-state index is 2.69. The third-order valence-corrected chi connectivity index (χ3v) is 11.6. The number of benzene rings is 5. The smallest absolute Gasteiger partial charge is 0.124 e. The second kappa shape index (κ2) is 10.2. The highest BCUT2D eigenvalue weighted by molar-refractivity contribution is 8.00. The van der Waals surface area contributed by atoms with Crippen LogP contribution >= 0.6 is 23.5 Å². The molecule has 4 heteroatoms. The van der Waals surface area contributed by atoms with E-state index in [1.807, 2.05) is 23.5 Å². The van der Waals surface area contributed by atoms with Crippen LogP contribution in [0.5, 0.6) is 0 Å². The maximum atomic E-state index is 2.69. The van der Waals surface area contributed by atoms with Crippen LogP contribution in [0.1, 0.15) is 81.2 Å². The Morgan fingerprint density at radius 3 is 1.66 bits per heavy atom. The Labute approximate surface area is 270 Å². The van der Waals surface area contributed by atoms with Crippen LogP contribution in [0.4, 0.5) is 22.7 Å². The van der Waals surface area contributed by atoms with Crippen LogP contribution in [0.2, 0.25) is 0 Å². The van der Waals surface area contributed by atoms with Crippen LogP contribution in [0.25, 0.3) is 0 Å². The van der Waals surface area contributed by atoms with Gasteiger partial charge in [0, 0.05) is 25.3 Å². The molecular formula is C40H37N2S2. The Morgan fingerprint density at radius 1 is 0.568 bits per heavy atom. The average molecular weight is 610 g/mol. The molecule has 3 heterocycles. The largest absolute Gasteiger partial charge is 0.345 e. The Balaban J connectivity index is 1.40. The third kappa shape index (κ3) is 4.03. The van der Waals surface area contributed by atoms with Crippen LogP contribution in [0, 0.1) is 6.04 Å². The van der Waals surface area contributed by atoms with E-state index >= 15 is 0 Å². The normalized spacial score (nSPS) is 16.2. The molecule has 3 aliphatic heterocycles.